The molecule has 3 aromatic rings. The Kier molecular flexibility index (Phi) is 5.50. The quantitative estimate of drug-likeness (QED) is 0.638. The van der Waals surface area contributed by atoms with Crippen molar-refractivity contribution in [1.82, 2.24) is 19.3 Å². The normalized spacial score (nSPS) is 15.9. The summed E-state index contributed by atoms with van der Waals surface area (Å²) in [6.45, 7) is 0.493. The van der Waals surface area contributed by atoms with Crippen LogP contribution < -0.4 is 4.74 Å². The standard InChI is InChI=1S/C20H19FN4O3S/c21-18-3-1-2-4-19(18)29(26,27)25-11-7-17(8-12-25)28-20-23-13-16(14-24-20)15-5-9-22-10-6-15/h1-6,9-10,13-14,17H,7-8,11-12H2. The van der Waals surface area contributed by atoms with Gasteiger partial charge in [0.1, 0.15) is 16.8 Å². The highest BCUT2D eigenvalue weighted by atomic mass is 32.2. The van der Waals surface area contributed by atoms with Crippen LogP contribution in [0.25, 0.3) is 11.1 Å². The van der Waals surface area contributed by atoms with Gasteiger partial charge in [-0.1, -0.05) is 12.1 Å². The molecule has 0 aliphatic carbocycles. The molecule has 1 aliphatic heterocycles. The molecule has 0 N–H and O–H groups in total. The zero-order chi connectivity index (χ0) is 20.3. The van der Waals surface area contributed by atoms with Crippen molar-refractivity contribution in [3.63, 3.8) is 0 Å². The lowest BCUT2D eigenvalue weighted by molar-refractivity contribution is 0.124. The second-order valence-electron chi connectivity index (χ2n) is 6.64. The van der Waals surface area contributed by atoms with Crippen LogP contribution in [0.1, 0.15) is 12.8 Å². The second-order valence-corrected chi connectivity index (χ2v) is 8.55. The maximum atomic E-state index is 13.9. The number of ether oxygens (including phenoxy) is 1. The number of halogens is 1. The van der Waals surface area contributed by atoms with Crippen molar-refractivity contribution in [2.24, 2.45) is 0 Å². The van der Waals surface area contributed by atoms with E-state index in [2.05, 4.69) is 15.0 Å². The summed E-state index contributed by atoms with van der Waals surface area (Å²) in [7, 11) is -3.86. The first-order chi connectivity index (χ1) is 14.0. The van der Waals surface area contributed by atoms with Gasteiger partial charge in [-0.3, -0.25) is 4.98 Å². The topological polar surface area (TPSA) is 85.3 Å². The highest BCUT2D eigenvalue weighted by Gasteiger charge is 2.32. The Bertz CT molecular complexity index is 1070. The largest absolute Gasteiger partial charge is 0.460 e. The molecule has 1 aliphatic rings. The summed E-state index contributed by atoms with van der Waals surface area (Å²) in [6, 6.07) is 9.39. The molecule has 2 aromatic heterocycles. The molecular weight excluding hydrogens is 395 g/mol. The van der Waals surface area contributed by atoms with Crippen molar-refractivity contribution < 1.29 is 17.5 Å². The summed E-state index contributed by atoms with van der Waals surface area (Å²) in [4.78, 5) is 12.2. The van der Waals surface area contributed by atoms with E-state index in [9.17, 15) is 12.8 Å². The van der Waals surface area contributed by atoms with Crippen LogP contribution in [-0.4, -0.2) is 46.9 Å². The minimum Gasteiger partial charge on any atom is -0.460 e. The molecule has 1 saturated heterocycles. The summed E-state index contributed by atoms with van der Waals surface area (Å²) < 4.78 is 46.3. The SMILES string of the molecule is O=S(=O)(c1ccccc1F)N1CCC(Oc2ncc(-c3ccncc3)cn2)CC1. The van der Waals surface area contributed by atoms with Gasteiger partial charge < -0.3 is 4.74 Å². The molecule has 0 saturated carbocycles. The molecule has 0 spiro atoms. The van der Waals surface area contributed by atoms with Gasteiger partial charge in [0.05, 0.1) is 0 Å². The number of pyridine rings is 1. The van der Waals surface area contributed by atoms with Crippen molar-refractivity contribution in [3.05, 3.63) is 67.0 Å². The lowest BCUT2D eigenvalue weighted by atomic mass is 10.1. The fourth-order valence-corrected chi connectivity index (χ4v) is 4.74. The number of piperidine rings is 1. The maximum absolute atomic E-state index is 13.9. The Morgan fingerprint density at radius 2 is 1.62 bits per heavy atom. The highest BCUT2D eigenvalue weighted by Crippen LogP contribution is 2.24. The first-order valence-electron chi connectivity index (χ1n) is 9.18. The number of benzene rings is 1. The fourth-order valence-electron chi connectivity index (χ4n) is 3.20. The van der Waals surface area contributed by atoms with Crippen LogP contribution in [0.3, 0.4) is 0 Å². The smallest absolute Gasteiger partial charge is 0.316 e. The first-order valence-corrected chi connectivity index (χ1v) is 10.6. The molecule has 0 amide bonds. The molecule has 150 valence electrons. The third kappa shape index (κ3) is 4.25. The van der Waals surface area contributed by atoms with E-state index in [1.165, 1.54) is 22.5 Å². The Balaban J connectivity index is 1.37. The number of hydrogen-bond donors (Lipinski definition) is 0. The van der Waals surface area contributed by atoms with E-state index in [1.54, 1.807) is 24.8 Å². The summed E-state index contributed by atoms with van der Waals surface area (Å²) in [5.74, 6) is -0.742. The third-order valence-electron chi connectivity index (χ3n) is 4.77. The number of hydrogen-bond acceptors (Lipinski definition) is 6. The molecule has 1 aromatic carbocycles. The molecule has 1 fully saturated rings. The van der Waals surface area contributed by atoms with E-state index in [0.717, 1.165) is 17.2 Å². The number of aromatic nitrogens is 3. The minimum atomic E-state index is -3.86. The van der Waals surface area contributed by atoms with Crippen LogP contribution in [0.4, 0.5) is 4.39 Å². The van der Waals surface area contributed by atoms with E-state index in [4.69, 9.17) is 4.74 Å². The summed E-state index contributed by atoms with van der Waals surface area (Å²) >= 11 is 0. The van der Waals surface area contributed by atoms with Gasteiger partial charge >= 0.3 is 6.01 Å². The van der Waals surface area contributed by atoms with Crippen molar-refractivity contribution >= 4 is 10.0 Å². The number of nitrogens with zero attached hydrogens (tertiary/aromatic N) is 4. The van der Waals surface area contributed by atoms with Crippen LogP contribution >= 0.6 is 0 Å². The van der Waals surface area contributed by atoms with Crippen LogP contribution in [0, 0.1) is 5.82 Å². The van der Waals surface area contributed by atoms with Crippen molar-refractivity contribution in [3.8, 4) is 17.1 Å². The Hall–Kier alpha value is -2.91. The number of sulfonamides is 1. The van der Waals surface area contributed by atoms with E-state index in [0.29, 0.717) is 12.8 Å². The van der Waals surface area contributed by atoms with Crippen LogP contribution in [-0.2, 0) is 10.0 Å². The maximum Gasteiger partial charge on any atom is 0.316 e. The Labute approximate surface area is 168 Å². The van der Waals surface area contributed by atoms with Crippen LogP contribution in [0.15, 0.2) is 66.1 Å². The lowest BCUT2D eigenvalue weighted by Gasteiger charge is -2.30. The summed E-state index contributed by atoms with van der Waals surface area (Å²) in [6.07, 6.45) is 7.50. The minimum absolute atomic E-state index is 0.200. The molecule has 0 radical (unpaired) electrons. The Morgan fingerprint density at radius 3 is 2.28 bits per heavy atom. The third-order valence-corrected chi connectivity index (χ3v) is 6.70. The van der Waals surface area contributed by atoms with Crippen molar-refractivity contribution in [1.29, 1.82) is 0 Å². The van der Waals surface area contributed by atoms with Gasteiger partial charge in [-0.25, -0.2) is 22.8 Å². The van der Waals surface area contributed by atoms with Gasteiger partial charge in [-0.05, 0) is 42.7 Å². The predicted octanol–water partition coefficient (Wildman–Crippen LogP) is 2.91. The van der Waals surface area contributed by atoms with Crippen molar-refractivity contribution in [2.75, 3.05) is 13.1 Å². The second kappa shape index (κ2) is 8.22. The fraction of sp³-hybridized carbons (Fsp3) is 0.250. The highest BCUT2D eigenvalue weighted by molar-refractivity contribution is 7.89. The zero-order valence-corrected chi connectivity index (χ0v) is 16.3. The molecule has 0 unspecified atom stereocenters. The molecule has 4 rings (SSSR count). The molecule has 3 heterocycles. The van der Waals surface area contributed by atoms with Crippen LogP contribution in [0.5, 0.6) is 6.01 Å². The molecule has 9 heteroatoms. The molecule has 29 heavy (non-hydrogen) atoms. The predicted molar refractivity (Wildman–Crippen MR) is 104 cm³/mol. The molecule has 0 bridgehead atoms. The average Bonchev–Trinajstić information content (AvgIpc) is 2.75. The Morgan fingerprint density at radius 1 is 0.966 bits per heavy atom. The van der Waals surface area contributed by atoms with E-state index in [1.807, 2.05) is 12.1 Å². The first kappa shape index (κ1) is 19.4. The molecule has 7 nitrogen and oxygen atoms in total. The van der Waals surface area contributed by atoms with Gasteiger partial charge in [-0.2, -0.15) is 4.31 Å². The summed E-state index contributed by atoms with van der Waals surface area (Å²) in [5.41, 5.74) is 1.81. The van der Waals surface area contributed by atoms with E-state index >= 15 is 0 Å². The van der Waals surface area contributed by atoms with Crippen LogP contribution in [0.2, 0.25) is 0 Å². The van der Waals surface area contributed by atoms with Gasteiger partial charge in [0.25, 0.3) is 0 Å². The molecular formula is C20H19FN4O3S. The van der Waals surface area contributed by atoms with E-state index < -0.39 is 15.8 Å². The summed E-state index contributed by atoms with van der Waals surface area (Å²) in [5, 5.41) is 0. The van der Waals surface area contributed by atoms with Crippen molar-refractivity contribution in [2.45, 2.75) is 23.8 Å². The van der Waals surface area contributed by atoms with Gasteiger partial charge in [0, 0.05) is 43.4 Å². The molecule has 0 atom stereocenters. The van der Waals surface area contributed by atoms with Gasteiger partial charge in [0.15, 0.2) is 0 Å². The van der Waals surface area contributed by atoms with E-state index in [-0.39, 0.29) is 30.1 Å². The monoisotopic (exact) mass is 414 g/mol. The van der Waals surface area contributed by atoms with Gasteiger partial charge in [0.2, 0.25) is 10.0 Å². The lowest BCUT2D eigenvalue weighted by Crippen LogP contribution is -2.42. The van der Waals surface area contributed by atoms with Gasteiger partial charge in [-0.15, -0.1) is 0 Å². The zero-order valence-electron chi connectivity index (χ0n) is 15.5. The number of rotatable bonds is 5. The average molecular weight is 414 g/mol.